The fourth-order valence-electron chi connectivity index (χ4n) is 1.86. The van der Waals surface area contributed by atoms with Gasteiger partial charge in [-0.15, -0.1) is 0 Å². The van der Waals surface area contributed by atoms with Gasteiger partial charge in [0.05, 0.1) is 0 Å². The normalized spacial score (nSPS) is 10.5. The molecule has 0 bridgehead atoms. The Balaban J connectivity index is 2.72. The number of rotatable bonds is 6. The number of carboxylic acids is 1. The van der Waals surface area contributed by atoms with Gasteiger partial charge in [-0.3, -0.25) is 9.59 Å². The number of aryl methyl sites for hydroxylation is 1. The summed E-state index contributed by atoms with van der Waals surface area (Å²) in [5.74, 6) is -0.869. The molecule has 104 valence electrons. The summed E-state index contributed by atoms with van der Waals surface area (Å²) in [6, 6.07) is 7.49. The molecule has 4 nitrogen and oxygen atoms in total. The molecule has 0 saturated carbocycles. The van der Waals surface area contributed by atoms with E-state index < -0.39 is 5.97 Å². The van der Waals surface area contributed by atoms with E-state index in [4.69, 9.17) is 5.11 Å². The molecular weight excluding hydrogens is 242 g/mol. The van der Waals surface area contributed by atoms with Crippen molar-refractivity contribution in [1.29, 1.82) is 0 Å². The Morgan fingerprint density at radius 3 is 2.26 bits per heavy atom. The fourth-order valence-corrected chi connectivity index (χ4v) is 1.86. The number of nitrogens with zero attached hydrogens (tertiary/aromatic N) is 1. The van der Waals surface area contributed by atoms with Gasteiger partial charge in [0, 0.05) is 24.6 Å². The minimum absolute atomic E-state index is 0.0413. The summed E-state index contributed by atoms with van der Waals surface area (Å²) in [7, 11) is 0. The van der Waals surface area contributed by atoms with E-state index in [1.54, 1.807) is 4.90 Å². The van der Waals surface area contributed by atoms with Gasteiger partial charge in [0.1, 0.15) is 0 Å². The predicted molar refractivity (Wildman–Crippen MR) is 74.2 cm³/mol. The van der Waals surface area contributed by atoms with E-state index in [1.807, 2.05) is 45.0 Å². The van der Waals surface area contributed by atoms with Gasteiger partial charge in [-0.25, -0.2) is 0 Å². The van der Waals surface area contributed by atoms with Gasteiger partial charge in [0.25, 0.3) is 5.91 Å². The summed E-state index contributed by atoms with van der Waals surface area (Å²) in [5, 5.41) is 8.65. The highest BCUT2D eigenvalue weighted by molar-refractivity contribution is 5.94. The minimum atomic E-state index is -0.827. The van der Waals surface area contributed by atoms with Gasteiger partial charge >= 0.3 is 5.97 Å². The SMILES string of the molecule is Cc1ccc(C(=O)N(CCCC(=O)O)C(C)C)cc1. The number of benzene rings is 1. The molecule has 0 heterocycles. The van der Waals surface area contributed by atoms with Crippen LogP contribution in [0.15, 0.2) is 24.3 Å². The molecular formula is C15H21NO3. The van der Waals surface area contributed by atoms with Gasteiger partial charge in [-0.05, 0) is 39.3 Å². The Morgan fingerprint density at radius 1 is 1.21 bits per heavy atom. The smallest absolute Gasteiger partial charge is 0.303 e. The molecule has 1 rings (SSSR count). The minimum Gasteiger partial charge on any atom is -0.481 e. The van der Waals surface area contributed by atoms with E-state index in [-0.39, 0.29) is 18.4 Å². The Morgan fingerprint density at radius 2 is 1.79 bits per heavy atom. The number of hydrogen-bond acceptors (Lipinski definition) is 2. The quantitative estimate of drug-likeness (QED) is 0.858. The zero-order valence-electron chi connectivity index (χ0n) is 11.7. The second-order valence-electron chi connectivity index (χ2n) is 4.96. The monoisotopic (exact) mass is 263 g/mol. The molecule has 0 unspecified atom stereocenters. The van der Waals surface area contributed by atoms with Gasteiger partial charge < -0.3 is 10.0 Å². The van der Waals surface area contributed by atoms with Crippen molar-refractivity contribution in [3.63, 3.8) is 0 Å². The third-order valence-electron chi connectivity index (χ3n) is 2.97. The predicted octanol–water partition coefficient (Wildman–Crippen LogP) is 2.71. The third-order valence-corrected chi connectivity index (χ3v) is 2.97. The van der Waals surface area contributed by atoms with Crippen molar-refractivity contribution in [3.05, 3.63) is 35.4 Å². The van der Waals surface area contributed by atoms with Crippen LogP contribution in [0.25, 0.3) is 0 Å². The molecule has 0 aliphatic heterocycles. The van der Waals surface area contributed by atoms with Crippen LogP contribution in [-0.2, 0) is 4.79 Å². The summed E-state index contributed by atoms with van der Waals surface area (Å²) in [4.78, 5) is 24.6. The van der Waals surface area contributed by atoms with Crippen molar-refractivity contribution in [3.8, 4) is 0 Å². The lowest BCUT2D eigenvalue weighted by Gasteiger charge is -2.26. The van der Waals surface area contributed by atoms with Crippen LogP contribution in [0, 0.1) is 6.92 Å². The summed E-state index contributed by atoms with van der Waals surface area (Å²) in [5.41, 5.74) is 1.76. The van der Waals surface area contributed by atoms with Crippen molar-refractivity contribution in [2.75, 3.05) is 6.54 Å². The highest BCUT2D eigenvalue weighted by Crippen LogP contribution is 2.11. The van der Waals surface area contributed by atoms with Crippen LogP contribution in [0.3, 0.4) is 0 Å². The second-order valence-corrected chi connectivity index (χ2v) is 4.96. The Labute approximate surface area is 114 Å². The molecule has 0 saturated heterocycles. The van der Waals surface area contributed by atoms with Crippen LogP contribution in [0.2, 0.25) is 0 Å². The van der Waals surface area contributed by atoms with Gasteiger partial charge in [0.15, 0.2) is 0 Å². The third kappa shape index (κ3) is 4.73. The summed E-state index contributed by atoms with van der Waals surface area (Å²) >= 11 is 0. The Hall–Kier alpha value is -1.84. The highest BCUT2D eigenvalue weighted by atomic mass is 16.4. The molecule has 0 fully saturated rings. The Bertz CT molecular complexity index is 437. The van der Waals surface area contributed by atoms with E-state index in [0.29, 0.717) is 18.5 Å². The van der Waals surface area contributed by atoms with Crippen molar-refractivity contribution >= 4 is 11.9 Å². The first-order valence-electron chi connectivity index (χ1n) is 6.51. The number of aliphatic carboxylic acids is 1. The van der Waals surface area contributed by atoms with Gasteiger partial charge in [-0.1, -0.05) is 17.7 Å². The first-order valence-corrected chi connectivity index (χ1v) is 6.51. The average molecular weight is 263 g/mol. The first-order chi connectivity index (χ1) is 8.91. The van der Waals surface area contributed by atoms with Crippen molar-refractivity contribution in [1.82, 2.24) is 4.90 Å². The Kier molecular flexibility index (Phi) is 5.55. The average Bonchev–Trinajstić information content (AvgIpc) is 2.34. The number of carbonyl (C=O) groups excluding carboxylic acids is 1. The van der Waals surface area contributed by atoms with Crippen molar-refractivity contribution < 1.29 is 14.7 Å². The molecule has 0 radical (unpaired) electrons. The molecule has 0 aromatic heterocycles. The van der Waals surface area contributed by atoms with E-state index in [1.165, 1.54) is 0 Å². The number of carboxylic acid groups (broad SMARTS) is 1. The van der Waals surface area contributed by atoms with E-state index in [2.05, 4.69) is 0 Å². The largest absolute Gasteiger partial charge is 0.481 e. The molecule has 0 aliphatic carbocycles. The topological polar surface area (TPSA) is 57.6 Å². The first kappa shape index (κ1) is 15.2. The highest BCUT2D eigenvalue weighted by Gasteiger charge is 2.18. The van der Waals surface area contributed by atoms with Gasteiger partial charge in [-0.2, -0.15) is 0 Å². The summed E-state index contributed by atoms with van der Waals surface area (Å²) < 4.78 is 0. The van der Waals surface area contributed by atoms with Crippen molar-refractivity contribution in [2.24, 2.45) is 0 Å². The zero-order chi connectivity index (χ0) is 14.4. The van der Waals surface area contributed by atoms with Crippen LogP contribution in [0.5, 0.6) is 0 Å². The molecule has 19 heavy (non-hydrogen) atoms. The van der Waals surface area contributed by atoms with Crippen molar-refractivity contribution in [2.45, 2.75) is 39.7 Å². The lowest BCUT2D eigenvalue weighted by Crippen LogP contribution is -2.37. The molecule has 0 spiro atoms. The molecule has 1 N–H and O–H groups in total. The zero-order valence-corrected chi connectivity index (χ0v) is 11.7. The molecule has 0 aliphatic rings. The number of amides is 1. The molecule has 1 aromatic rings. The van der Waals surface area contributed by atoms with Crippen LogP contribution in [0.1, 0.15) is 42.6 Å². The maximum absolute atomic E-state index is 12.4. The number of carbonyl (C=O) groups is 2. The maximum atomic E-state index is 12.4. The summed E-state index contributed by atoms with van der Waals surface area (Å²) in [6.45, 7) is 6.32. The van der Waals surface area contributed by atoms with Crippen LogP contribution >= 0.6 is 0 Å². The molecule has 1 amide bonds. The number of hydrogen-bond donors (Lipinski definition) is 1. The van der Waals surface area contributed by atoms with E-state index in [9.17, 15) is 9.59 Å². The molecule has 0 atom stereocenters. The maximum Gasteiger partial charge on any atom is 0.303 e. The second kappa shape index (κ2) is 6.92. The molecule has 1 aromatic carbocycles. The standard InChI is InChI=1S/C15H21NO3/c1-11(2)16(10-4-5-14(17)18)15(19)13-8-6-12(3)7-9-13/h6-9,11H,4-5,10H2,1-3H3,(H,17,18). The van der Waals surface area contributed by atoms with Crippen LogP contribution in [-0.4, -0.2) is 34.5 Å². The van der Waals surface area contributed by atoms with E-state index >= 15 is 0 Å². The lowest BCUT2D eigenvalue weighted by atomic mass is 10.1. The van der Waals surface area contributed by atoms with Crippen LogP contribution in [0.4, 0.5) is 0 Å². The summed E-state index contributed by atoms with van der Waals surface area (Å²) in [6.07, 6.45) is 0.565. The van der Waals surface area contributed by atoms with Crippen LogP contribution < -0.4 is 0 Å². The molecule has 4 heteroatoms. The lowest BCUT2D eigenvalue weighted by molar-refractivity contribution is -0.137. The van der Waals surface area contributed by atoms with Gasteiger partial charge in [0.2, 0.25) is 0 Å². The fraction of sp³-hybridized carbons (Fsp3) is 0.467. The van der Waals surface area contributed by atoms with E-state index in [0.717, 1.165) is 5.56 Å².